The molecule has 1 aliphatic carbocycles. The Bertz CT molecular complexity index is 2660. The molecule has 0 aliphatic heterocycles. The van der Waals surface area contributed by atoms with Crippen molar-refractivity contribution in [1.82, 2.24) is 15.0 Å². The third-order valence-electron chi connectivity index (χ3n) is 10.6. The molecule has 0 N–H and O–H groups in total. The lowest BCUT2D eigenvalue weighted by Gasteiger charge is -2.34. The van der Waals surface area contributed by atoms with Gasteiger partial charge < -0.3 is 0 Å². The van der Waals surface area contributed by atoms with Crippen LogP contribution in [-0.2, 0) is 5.41 Å². The molecule has 10 rings (SSSR count). The quantitative estimate of drug-likeness (QED) is 0.176. The predicted octanol–water partition coefficient (Wildman–Crippen LogP) is 12.1. The summed E-state index contributed by atoms with van der Waals surface area (Å²) < 4.78 is 0. The molecule has 0 saturated heterocycles. The minimum absolute atomic E-state index is 0.466. The van der Waals surface area contributed by atoms with Crippen LogP contribution in [0.2, 0.25) is 0 Å². The Morgan fingerprint density at radius 2 is 0.717 bits per heavy atom. The molecule has 0 unspecified atom stereocenters. The zero-order valence-electron chi connectivity index (χ0n) is 28.9. The predicted molar refractivity (Wildman–Crippen MR) is 216 cm³/mol. The maximum atomic E-state index is 5.10. The van der Waals surface area contributed by atoms with Gasteiger partial charge in [0.15, 0.2) is 17.5 Å². The zero-order valence-corrected chi connectivity index (χ0v) is 28.9. The fourth-order valence-electron chi connectivity index (χ4n) is 8.38. The molecule has 0 radical (unpaired) electrons. The van der Waals surface area contributed by atoms with E-state index in [0.29, 0.717) is 17.5 Å². The van der Waals surface area contributed by atoms with Crippen LogP contribution >= 0.6 is 0 Å². The van der Waals surface area contributed by atoms with Gasteiger partial charge in [-0.05, 0) is 61.3 Å². The Labute approximate surface area is 309 Å². The number of rotatable bonds is 6. The SMILES string of the molecule is c1ccc(-c2nc(-c3ccccc3)nc(-c3ccc(-c4cccc5c4-c4ccccc4C5(c4ccccc4)c4ccccc4)c4ccccc34)n2)cc1. The van der Waals surface area contributed by atoms with E-state index in [2.05, 4.69) is 140 Å². The van der Waals surface area contributed by atoms with Gasteiger partial charge in [-0.1, -0.05) is 194 Å². The summed E-state index contributed by atoms with van der Waals surface area (Å²) in [7, 11) is 0. The highest BCUT2D eigenvalue weighted by molar-refractivity contribution is 6.08. The summed E-state index contributed by atoms with van der Waals surface area (Å²) in [5, 5.41) is 2.24. The van der Waals surface area contributed by atoms with Crippen LogP contribution in [0.1, 0.15) is 22.3 Å². The van der Waals surface area contributed by atoms with E-state index in [0.717, 1.165) is 27.5 Å². The lowest BCUT2D eigenvalue weighted by atomic mass is 9.67. The van der Waals surface area contributed by atoms with Crippen molar-refractivity contribution in [3.63, 3.8) is 0 Å². The van der Waals surface area contributed by atoms with Crippen molar-refractivity contribution in [2.24, 2.45) is 0 Å². The van der Waals surface area contributed by atoms with Crippen LogP contribution in [0.25, 0.3) is 67.2 Å². The Balaban J connectivity index is 1.22. The molecule has 3 nitrogen and oxygen atoms in total. The molecule has 0 bridgehead atoms. The largest absolute Gasteiger partial charge is 0.208 e. The first kappa shape index (κ1) is 30.8. The topological polar surface area (TPSA) is 38.7 Å². The molecule has 53 heavy (non-hydrogen) atoms. The zero-order chi connectivity index (χ0) is 35.2. The molecule has 0 atom stereocenters. The van der Waals surface area contributed by atoms with Crippen LogP contribution in [0.15, 0.2) is 200 Å². The fourth-order valence-corrected chi connectivity index (χ4v) is 8.38. The second kappa shape index (κ2) is 12.7. The van der Waals surface area contributed by atoms with Crippen molar-refractivity contribution in [1.29, 1.82) is 0 Å². The first-order valence-electron chi connectivity index (χ1n) is 18.0. The second-order valence-electron chi connectivity index (χ2n) is 13.5. The third-order valence-corrected chi connectivity index (χ3v) is 10.6. The van der Waals surface area contributed by atoms with Crippen molar-refractivity contribution in [2.75, 3.05) is 0 Å². The van der Waals surface area contributed by atoms with Crippen molar-refractivity contribution in [3.05, 3.63) is 222 Å². The average molecular weight is 676 g/mol. The highest BCUT2D eigenvalue weighted by Gasteiger charge is 2.46. The standard InChI is InChI=1S/C50H33N3/c1-5-18-34(19-6-1)47-51-48(35-20-7-2-8-21-35)53-49(52-47)42-33-32-40(38-26-13-14-27-39(38)42)41-29-17-31-45-46(41)43-28-15-16-30-44(43)50(45,36-22-9-3-10-23-36)37-24-11-4-12-25-37/h1-33H. The maximum Gasteiger partial charge on any atom is 0.164 e. The van der Waals surface area contributed by atoms with Gasteiger partial charge in [-0.3, -0.25) is 0 Å². The molecule has 248 valence electrons. The number of aromatic nitrogens is 3. The number of benzene rings is 8. The summed E-state index contributed by atoms with van der Waals surface area (Å²) in [6, 6.07) is 71.1. The minimum Gasteiger partial charge on any atom is -0.208 e. The Hall–Kier alpha value is -6.97. The van der Waals surface area contributed by atoms with E-state index in [9.17, 15) is 0 Å². The van der Waals surface area contributed by atoms with Crippen molar-refractivity contribution in [2.45, 2.75) is 5.41 Å². The fraction of sp³-hybridized carbons (Fsp3) is 0.0200. The highest BCUT2D eigenvalue weighted by atomic mass is 15.0. The number of nitrogens with zero attached hydrogens (tertiary/aromatic N) is 3. The lowest BCUT2D eigenvalue weighted by molar-refractivity contribution is 0.768. The second-order valence-corrected chi connectivity index (χ2v) is 13.5. The van der Waals surface area contributed by atoms with Gasteiger partial charge in [0.25, 0.3) is 0 Å². The van der Waals surface area contributed by atoms with E-state index < -0.39 is 5.41 Å². The van der Waals surface area contributed by atoms with Crippen LogP contribution < -0.4 is 0 Å². The van der Waals surface area contributed by atoms with Gasteiger partial charge >= 0.3 is 0 Å². The van der Waals surface area contributed by atoms with Crippen LogP contribution in [-0.4, -0.2) is 15.0 Å². The van der Waals surface area contributed by atoms with Crippen molar-refractivity contribution >= 4 is 10.8 Å². The maximum absolute atomic E-state index is 5.10. The van der Waals surface area contributed by atoms with Crippen LogP contribution in [0.3, 0.4) is 0 Å². The van der Waals surface area contributed by atoms with Gasteiger partial charge in [0.1, 0.15) is 0 Å². The molecule has 0 amide bonds. The van der Waals surface area contributed by atoms with E-state index in [1.807, 2.05) is 60.7 Å². The number of hydrogen-bond acceptors (Lipinski definition) is 3. The van der Waals surface area contributed by atoms with E-state index >= 15 is 0 Å². The van der Waals surface area contributed by atoms with Gasteiger partial charge in [-0.15, -0.1) is 0 Å². The molecule has 0 saturated carbocycles. The molecule has 9 aromatic rings. The Morgan fingerprint density at radius 3 is 1.32 bits per heavy atom. The third kappa shape index (κ3) is 4.93. The first-order chi connectivity index (χ1) is 26.3. The van der Waals surface area contributed by atoms with Crippen LogP contribution in [0.5, 0.6) is 0 Å². The highest BCUT2D eigenvalue weighted by Crippen LogP contribution is 2.58. The molecule has 1 aromatic heterocycles. The first-order valence-corrected chi connectivity index (χ1v) is 18.0. The van der Waals surface area contributed by atoms with Gasteiger partial charge in [-0.25, -0.2) is 15.0 Å². The van der Waals surface area contributed by atoms with Crippen LogP contribution in [0.4, 0.5) is 0 Å². The minimum atomic E-state index is -0.466. The van der Waals surface area contributed by atoms with Crippen molar-refractivity contribution < 1.29 is 0 Å². The van der Waals surface area contributed by atoms with E-state index in [-0.39, 0.29) is 0 Å². The summed E-state index contributed by atoms with van der Waals surface area (Å²) >= 11 is 0. The van der Waals surface area contributed by atoms with Gasteiger partial charge in [0.05, 0.1) is 5.41 Å². The van der Waals surface area contributed by atoms with E-state index in [4.69, 9.17) is 15.0 Å². The van der Waals surface area contributed by atoms with Crippen molar-refractivity contribution in [3.8, 4) is 56.4 Å². The summed E-state index contributed by atoms with van der Waals surface area (Å²) in [5.41, 5.74) is 12.4. The molecule has 1 aliphatic rings. The normalized spacial score (nSPS) is 12.7. The molecular formula is C50H33N3. The summed E-state index contributed by atoms with van der Waals surface area (Å²) in [6.07, 6.45) is 0. The molecule has 3 heteroatoms. The van der Waals surface area contributed by atoms with Gasteiger partial charge in [0, 0.05) is 16.7 Å². The summed E-state index contributed by atoms with van der Waals surface area (Å²) in [6.45, 7) is 0. The van der Waals surface area contributed by atoms with Gasteiger partial charge in [0.2, 0.25) is 0 Å². The molecule has 0 fully saturated rings. The molecule has 0 spiro atoms. The smallest absolute Gasteiger partial charge is 0.164 e. The van der Waals surface area contributed by atoms with Gasteiger partial charge in [-0.2, -0.15) is 0 Å². The number of fused-ring (bicyclic) bond motifs is 4. The summed E-state index contributed by atoms with van der Waals surface area (Å²) in [5.74, 6) is 1.95. The Kier molecular flexibility index (Phi) is 7.36. The van der Waals surface area contributed by atoms with Crippen LogP contribution in [0, 0.1) is 0 Å². The monoisotopic (exact) mass is 675 g/mol. The molecule has 1 heterocycles. The number of hydrogen-bond donors (Lipinski definition) is 0. The molecular weight excluding hydrogens is 643 g/mol. The molecule has 8 aromatic carbocycles. The average Bonchev–Trinajstić information content (AvgIpc) is 3.56. The lowest BCUT2D eigenvalue weighted by Crippen LogP contribution is -2.28. The van der Waals surface area contributed by atoms with E-state index in [1.54, 1.807) is 0 Å². The Morgan fingerprint density at radius 1 is 0.283 bits per heavy atom. The summed E-state index contributed by atoms with van der Waals surface area (Å²) in [4.78, 5) is 15.2. The van der Waals surface area contributed by atoms with E-state index in [1.165, 1.54) is 44.5 Å².